The summed E-state index contributed by atoms with van der Waals surface area (Å²) in [5.74, 6) is 0.653. The number of hydrogen-bond donors (Lipinski definition) is 1. The van der Waals surface area contributed by atoms with Gasteiger partial charge in [0.25, 0.3) is 0 Å². The van der Waals surface area contributed by atoms with Crippen LogP contribution in [0.1, 0.15) is 32.2 Å². The molecule has 2 N–H and O–H groups in total. The van der Waals surface area contributed by atoms with E-state index in [0.717, 1.165) is 17.1 Å². The van der Waals surface area contributed by atoms with Crippen LogP contribution < -0.4 is 5.73 Å². The van der Waals surface area contributed by atoms with E-state index in [1.54, 1.807) is 10.9 Å². The van der Waals surface area contributed by atoms with Crippen LogP contribution in [0.5, 0.6) is 0 Å². The van der Waals surface area contributed by atoms with E-state index in [4.69, 9.17) is 5.73 Å². The lowest BCUT2D eigenvalue weighted by atomic mass is 9.92. The number of pyridine rings is 1. The fraction of sp³-hybridized carbons (Fsp3) is 0.385. The average molecular weight is 230 g/mol. The molecule has 2 aromatic rings. The Morgan fingerprint density at radius 3 is 2.47 bits per heavy atom. The molecule has 17 heavy (non-hydrogen) atoms. The average Bonchev–Trinajstić information content (AvgIpc) is 2.60. The molecule has 4 heteroatoms. The molecule has 2 heterocycles. The monoisotopic (exact) mass is 230 g/mol. The Hall–Kier alpha value is -1.84. The lowest BCUT2D eigenvalue weighted by molar-refractivity contribution is 0.560. The number of hydrogen-bond acceptors (Lipinski definition) is 3. The number of nitrogens with zero attached hydrogens (tertiary/aromatic N) is 3. The normalized spacial score (nSPS) is 11.8. The number of aryl methyl sites for hydroxylation is 1. The molecule has 0 aliphatic heterocycles. The summed E-state index contributed by atoms with van der Waals surface area (Å²) in [6, 6.07) is 5.80. The van der Waals surface area contributed by atoms with Crippen LogP contribution in [0.3, 0.4) is 0 Å². The second-order valence-electron chi connectivity index (χ2n) is 5.27. The van der Waals surface area contributed by atoms with E-state index >= 15 is 0 Å². The Balaban J connectivity index is 2.50. The first-order valence-corrected chi connectivity index (χ1v) is 5.67. The molecular weight excluding hydrogens is 212 g/mol. The van der Waals surface area contributed by atoms with E-state index in [0.29, 0.717) is 5.82 Å². The molecule has 90 valence electrons. The smallest absolute Gasteiger partial charge is 0.127 e. The minimum atomic E-state index is 0.00143. The molecule has 0 unspecified atom stereocenters. The number of rotatable bonds is 1. The molecule has 0 atom stereocenters. The molecule has 0 saturated carbocycles. The summed E-state index contributed by atoms with van der Waals surface area (Å²) in [4.78, 5) is 4.17. The Bertz CT molecular complexity index is 535. The standard InChI is InChI=1S/C13H18N4/c1-9-7-10(5-6-15-9)17-12(14)8-11(16-17)13(2,3)4/h5-8H,14H2,1-4H3. The van der Waals surface area contributed by atoms with Crippen LogP contribution in [-0.2, 0) is 5.41 Å². The Kier molecular flexibility index (Phi) is 2.65. The van der Waals surface area contributed by atoms with Gasteiger partial charge in [0.15, 0.2) is 0 Å². The highest BCUT2D eigenvalue weighted by Gasteiger charge is 2.19. The van der Waals surface area contributed by atoms with Gasteiger partial charge in [-0.15, -0.1) is 0 Å². The van der Waals surface area contributed by atoms with Crippen molar-refractivity contribution < 1.29 is 0 Å². The highest BCUT2D eigenvalue weighted by molar-refractivity contribution is 5.44. The summed E-state index contributed by atoms with van der Waals surface area (Å²) in [6.45, 7) is 8.32. The molecular formula is C13H18N4. The van der Waals surface area contributed by atoms with E-state index < -0.39 is 0 Å². The molecule has 4 nitrogen and oxygen atoms in total. The Morgan fingerprint density at radius 1 is 1.24 bits per heavy atom. The van der Waals surface area contributed by atoms with Gasteiger partial charge in [-0.25, -0.2) is 4.68 Å². The minimum Gasteiger partial charge on any atom is -0.384 e. The second-order valence-corrected chi connectivity index (χ2v) is 5.27. The van der Waals surface area contributed by atoms with Gasteiger partial charge in [0.1, 0.15) is 5.82 Å². The van der Waals surface area contributed by atoms with E-state index in [9.17, 15) is 0 Å². The molecule has 0 aliphatic rings. The van der Waals surface area contributed by atoms with Gasteiger partial charge in [-0.2, -0.15) is 5.10 Å². The zero-order chi connectivity index (χ0) is 12.6. The van der Waals surface area contributed by atoms with Gasteiger partial charge in [0.05, 0.1) is 11.4 Å². The lowest BCUT2D eigenvalue weighted by Gasteiger charge is -2.14. The number of nitrogens with two attached hydrogens (primary N) is 1. The van der Waals surface area contributed by atoms with E-state index in [-0.39, 0.29) is 5.41 Å². The predicted octanol–water partition coefficient (Wildman–Crippen LogP) is 2.46. The van der Waals surface area contributed by atoms with Crippen molar-refractivity contribution in [3.8, 4) is 5.69 Å². The van der Waals surface area contributed by atoms with Crippen LogP contribution >= 0.6 is 0 Å². The summed E-state index contributed by atoms with van der Waals surface area (Å²) in [6.07, 6.45) is 1.77. The van der Waals surface area contributed by atoms with Crippen LogP contribution in [0, 0.1) is 6.92 Å². The third kappa shape index (κ3) is 2.30. The number of anilines is 1. The summed E-state index contributed by atoms with van der Waals surface area (Å²) in [7, 11) is 0. The van der Waals surface area contributed by atoms with Crippen LogP contribution in [0.25, 0.3) is 5.69 Å². The SMILES string of the molecule is Cc1cc(-n2nc(C(C)(C)C)cc2N)ccn1. The number of nitrogen functional groups attached to an aromatic ring is 1. The van der Waals surface area contributed by atoms with Gasteiger partial charge in [0.2, 0.25) is 0 Å². The maximum absolute atomic E-state index is 6.00. The van der Waals surface area contributed by atoms with Gasteiger partial charge in [-0.3, -0.25) is 4.98 Å². The van der Waals surface area contributed by atoms with Gasteiger partial charge < -0.3 is 5.73 Å². The molecule has 0 amide bonds. The maximum atomic E-state index is 6.00. The Labute approximate surface area is 101 Å². The fourth-order valence-corrected chi connectivity index (χ4v) is 1.63. The summed E-state index contributed by atoms with van der Waals surface area (Å²) >= 11 is 0. The largest absolute Gasteiger partial charge is 0.384 e. The van der Waals surface area contributed by atoms with Gasteiger partial charge >= 0.3 is 0 Å². The lowest BCUT2D eigenvalue weighted by Crippen LogP contribution is -2.12. The maximum Gasteiger partial charge on any atom is 0.127 e. The predicted molar refractivity (Wildman–Crippen MR) is 69.2 cm³/mol. The first kappa shape index (κ1) is 11.6. The molecule has 0 saturated heterocycles. The third-order valence-corrected chi connectivity index (χ3v) is 2.63. The molecule has 0 aromatic carbocycles. The second kappa shape index (κ2) is 3.87. The molecule has 0 bridgehead atoms. The molecule has 0 fully saturated rings. The van der Waals surface area contributed by atoms with Gasteiger partial charge in [0, 0.05) is 23.4 Å². The van der Waals surface area contributed by atoms with Crippen molar-refractivity contribution in [3.63, 3.8) is 0 Å². The van der Waals surface area contributed by atoms with Crippen molar-refractivity contribution in [2.75, 3.05) is 5.73 Å². The highest BCUT2D eigenvalue weighted by atomic mass is 15.3. The first-order chi connectivity index (χ1) is 7.88. The zero-order valence-corrected chi connectivity index (χ0v) is 10.7. The Morgan fingerprint density at radius 2 is 1.94 bits per heavy atom. The molecule has 0 spiro atoms. The van der Waals surface area contributed by atoms with Gasteiger partial charge in [-0.1, -0.05) is 20.8 Å². The van der Waals surface area contributed by atoms with Crippen molar-refractivity contribution >= 4 is 5.82 Å². The van der Waals surface area contributed by atoms with Crippen molar-refractivity contribution in [1.82, 2.24) is 14.8 Å². The van der Waals surface area contributed by atoms with E-state index in [1.807, 2.05) is 25.1 Å². The summed E-state index contributed by atoms with van der Waals surface area (Å²) < 4.78 is 1.76. The van der Waals surface area contributed by atoms with E-state index in [2.05, 4.69) is 30.9 Å². The molecule has 2 rings (SSSR count). The van der Waals surface area contributed by atoms with Crippen molar-refractivity contribution in [2.24, 2.45) is 0 Å². The van der Waals surface area contributed by atoms with Crippen LogP contribution in [0.2, 0.25) is 0 Å². The highest BCUT2D eigenvalue weighted by Crippen LogP contribution is 2.24. The molecule has 2 aromatic heterocycles. The zero-order valence-electron chi connectivity index (χ0n) is 10.7. The van der Waals surface area contributed by atoms with Crippen LogP contribution in [0.15, 0.2) is 24.4 Å². The summed E-state index contributed by atoms with van der Waals surface area (Å²) in [5.41, 5.74) is 8.89. The summed E-state index contributed by atoms with van der Waals surface area (Å²) in [5, 5.41) is 4.56. The fourth-order valence-electron chi connectivity index (χ4n) is 1.63. The molecule has 0 aliphatic carbocycles. The number of aromatic nitrogens is 3. The van der Waals surface area contributed by atoms with Crippen LogP contribution in [0.4, 0.5) is 5.82 Å². The van der Waals surface area contributed by atoms with Gasteiger partial charge in [-0.05, 0) is 19.1 Å². The third-order valence-electron chi connectivity index (χ3n) is 2.63. The quantitative estimate of drug-likeness (QED) is 0.818. The minimum absolute atomic E-state index is 0.00143. The van der Waals surface area contributed by atoms with E-state index in [1.165, 1.54) is 0 Å². The molecule has 0 radical (unpaired) electrons. The van der Waals surface area contributed by atoms with Crippen molar-refractivity contribution in [1.29, 1.82) is 0 Å². The van der Waals surface area contributed by atoms with Crippen molar-refractivity contribution in [3.05, 3.63) is 35.8 Å². The topological polar surface area (TPSA) is 56.7 Å². The van der Waals surface area contributed by atoms with Crippen LogP contribution in [-0.4, -0.2) is 14.8 Å². The van der Waals surface area contributed by atoms with Crippen molar-refractivity contribution in [2.45, 2.75) is 33.1 Å². The first-order valence-electron chi connectivity index (χ1n) is 5.67.